The van der Waals surface area contributed by atoms with E-state index in [0.717, 1.165) is 6.42 Å². The molecule has 1 heterocycles. The second-order valence-corrected chi connectivity index (χ2v) is 2.73. The van der Waals surface area contributed by atoms with Crippen LogP contribution >= 0.6 is 0 Å². The SMILES string of the molecule is C[C@H](CCN)n1ncccc1=O. The highest BCUT2D eigenvalue weighted by molar-refractivity contribution is 4.86. The van der Waals surface area contributed by atoms with Crippen LogP contribution in [-0.2, 0) is 0 Å². The Morgan fingerprint density at radius 3 is 3.08 bits per heavy atom. The van der Waals surface area contributed by atoms with Gasteiger partial charge in [-0.15, -0.1) is 0 Å². The average molecular weight is 167 g/mol. The van der Waals surface area contributed by atoms with Crippen LogP contribution in [-0.4, -0.2) is 16.3 Å². The van der Waals surface area contributed by atoms with Crippen molar-refractivity contribution in [2.24, 2.45) is 5.73 Å². The summed E-state index contributed by atoms with van der Waals surface area (Å²) in [6.07, 6.45) is 2.38. The molecule has 0 bridgehead atoms. The molecular formula is C8H13N3O. The third kappa shape index (κ3) is 1.92. The van der Waals surface area contributed by atoms with Crippen LogP contribution < -0.4 is 11.3 Å². The summed E-state index contributed by atoms with van der Waals surface area (Å²) < 4.78 is 1.45. The minimum atomic E-state index is -0.0709. The van der Waals surface area contributed by atoms with Crippen molar-refractivity contribution in [1.82, 2.24) is 9.78 Å². The number of hydrogen-bond acceptors (Lipinski definition) is 3. The van der Waals surface area contributed by atoms with Crippen LogP contribution in [0.15, 0.2) is 23.1 Å². The lowest BCUT2D eigenvalue weighted by Crippen LogP contribution is -2.25. The molecular weight excluding hydrogens is 154 g/mol. The van der Waals surface area contributed by atoms with E-state index in [-0.39, 0.29) is 11.6 Å². The molecule has 0 saturated carbocycles. The van der Waals surface area contributed by atoms with Crippen LogP contribution in [0.2, 0.25) is 0 Å². The van der Waals surface area contributed by atoms with Crippen molar-refractivity contribution in [2.75, 3.05) is 6.54 Å². The van der Waals surface area contributed by atoms with Gasteiger partial charge < -0.3 is 5.73 Å². The van der Waals surface area contributed by atoms with E-state index in [1.54, 1.807) is 12.3 Å². The molecule has 1 rings (SSSR count). The fraction of sp³-hybridized carbons (Fsp3) is 0.500. The highest BCUT2D eigenvalue weighted by Gasteiger charge is 2.04. The molecule has 0 aliphatic rings. The summed E-state index contributed by atoms with van der Waals surface area (Å²) in [5.74, 6) is 0. The van der Waals surface area contributed by atoms with Crippen molar-refractivity contribution >= 4 is 0 Å². The van der Waals surface area contributed by atoms with Gasteiger partial charge in [0.25, 0.3) is 5.56 Å². The molecule has 2 N–H and O–H groups in total. The Bertz CT molecular complexity index is 294. The highest BCUT2D eigenvalue weighted by atomic mass is 16.1. The van der Waals surface area contributed by atoms with Crippen LogP contribution in [0.5, 0.6) is 0 Å². The minimum Gasteiger partial charge on any atom is -0.330 e. The fourth-order valence-corrected chi connectivity index (χ4v) is 1.06. The van der Waals surface area contributed by atoms with Gasteiger partial charge in [0.1, 0.15) is 0 Å². The van der Waals surface area contributed by atoms with E-state index in [9.17, 15) is 4.79 Å². The van der Waals surface area contributed by atoms with E-state index in [2.05, 4.69) is 5.10 Å². The molecule has 1 atom stereocenters. The highest BCUT2D eigenvalue weighted by Crippen LogP contribution is 2.02. The summed E-state index contributed by atoms with van der Waals surface area (Å²) in [4.78, 5) is 11.2. The summed E-state index contributed by atoms with van der Waals surface area (Å²) in [6, 6.07) is 3.22. The molecule has 1 aromatic rings. The van der Waals surface area contributed by atoms with Gasteiger partial charge in [-0.2, -0.15) is 5.10 Å². The average Bonchev–Trinajstić information content (AvgIpc) is 2.05. The maximum absolute atomic E-state index is 11.2. The Balaban J connectivity index is 2.87. The summed E-state index contributed by atoms with van der Waals surface area (Å²) >= 11 is 0. The third-order valence-electron chi connectivity index (χ3n) is 1.74. The molecule has 0 aliphatic heterocycles. The quantitative estimate of drug-likeness (QED) is 0.697. The molecule has 1 aromatic heterocycles. The Morgan fingerprint density at radius 1 is 1.75 bits per heavy atom. The van der Waals surface area contributed by atoms with Gasteiger partial charge in [0.05, 0.1) is 6.04 Å². The Hall–Kier alpha value is -1.16. The van der Waals surface area contributed by atoms with E-state index in [1.807, 2.05) is 6.92 Å². The number of aromatic nitrogens is 2. The normalized spacial score (nSPS) is 12.8. The molecule has 12 heavy (non-hydrogen) atoms. The second-order valence-electron chi connectivity index (χ2n) is 2.73. The van der Waals surface area contributed by atoms with Crippen LogP contribution in [0.4, 0.5) is 0 Å². The maximum atomic E-state index is 11.2. The Labute approximate surface area is 71.0 Å². The van der Waals surface area contributed by atoms with Crippen LogP contribution in [0.3, 0.4) is 0 Å². The van der Waals surface area contributed by atoms with Crippen molar-refractivity contribution in [3.63, 3.8) is 0 Å². The molecule has 0 unspecified atom stereocenters. The van der Waals surface area contributed by atoms with Crippen LogP contribution in [0, 0.1) is 0 Å². The minimum absolute atomic E-state index is 0.0709. The molecule has 0 aliphatic carbocycles. The number of nitrogens with zero attached hydrogens (tertiary/aromatic N) is 2. The van der Waals surface area contributed by atoms with Crippen molar-refractivity contribution in [1.29, 1.82) is 0 Å². The van der Waals surface area contributed by atoms with Gasteiger partial charge >= 0.3 is 0 Å². The second kappa shape index (κ2) is 4.01. The van der Waals surface area contributed by atoms with Gasteiger partial charge in [0.2, 0.25) is 0 Å². The van der Waals surface area contributed by atoms with E-state index < -0.39 is 0 Å². The predicted molar refractivity (Wildman–Crippen MR) is 46.9 cm³/mol. The van der Waals surface area contributed by atoms with Crippen molar-refractivity contribution in [3.8, 4) is 0 Å². The lowest BCUT2D eigenvalue weighted by Gasteiger charge is -2.10. The number of rotatable bonds is 3. The van der Waals surface area contributed by atoms with E-state index in [4.69, 9.17) is 5.73 Å². The first kappa shape index (κ1) is 8.93. The van der Waals surface area contributed by atoms with Crippen molar-refractivity contribution < 1.29 is 0 Å². The molecule has 0 aromatic carbocycles. The Morgan fingerprint density at radius 2 is 2.50 bits per heavy atom. The summed E-state index contributed by atoms with van der Waals surface area (Å²) in [6.45, 7) is 2.51. The lowest BCUT2D eigenvalue weighted by atomic mass is 10.2. The van der Waals surface area contributed by atoms with E-state index in [0.29, 0.717) is 6.54 Å². The molecule has 0 fully saturated rings. The molecule has 0 radical (unpaired) electrons. The van der Waals surface area contributed by atoms with Gasteiger partial charge in [0, 0.05) is 12.3 Å². The monoisotopic (exact) mass is 167 g/mol. The van der Waals surface area contributed by atoms with Gasteiger partial charge in [-0.3, -0.25) is 4.79 Å². The summed E-state index contributed by atoms with van der Waals surface area (Å²) in [7, 11) is 0. The zero-order valence-corrected chi connectivity index (χ0v) is 7.10. The van der Waals surface area contributed by atoms with Gasteiger partial charge in [-0.25, -0.2) is 4.68 Å². The standard InChI is InChI=1S/C8H13N3O/c1-7(4-5-9)11-8(12)3-2-6-10-11/h2-3,6-7H,4-5,9H2,1H3/t7-/m1/s1. The van der Waals surface area contributed by atoms with Crippen LogP contribution in [0.25, 0.3) is 0 Å². The molecule has 0 amide bonds. The fourth-order valence-electron chi connectivity index (χ4n) is 1.06. The maximum Gasteiger partial charge on any atom is 0.266 e. The third-order valence-corrected chi connectivity index (χ3v) is 1.74. The number of hydrogen-bond donors (Lipinski definition) is 1. The zero-order chi connectivity index (χ0) is 8.97. The largest absolute Gasteiger partial charge is 0.330 e. The molecule has 4 heteroatoms. The first-order valence-electron chi connectivity index (χ1n) is 3.99. The van der Waals surface area contributed by atoms with Gasteiger partial charge in [-0.05, 0) is 26.0 Å². The van der Waals surface area contributed by atoms with E-state index in [1.165, 1.54) is 10.7 Å². The molecule has 4 nitrogen and oxygen atoms in total. The molecule has 0 spiro atoms. The Kier molecular flexibility index (Phi) is 2.99. The first-order valence-corrected chi connectivity index (χ1v) is 3.99. The van der Waals surface area contributed by atoms with Gasteiger partial charge in [-0.1, -0.05) is 0 Å². The molecule has 66 valence electrons. The summed E-state index contributed by atoms with van der Waals surface area (Å²) in [5.41, 5.74) is 5.30. The smallest absolute Gasteiger partial charge is 0.266 e. The van der Waals surface area contributed by atoms with Crippen molar-refractivity contribution in [2.45, 2.75) is 19.4 Å². The zero-order valence-electron chi connectivity index (χ0n) is 7.10. The van der Waals surface area contributed by atoms with E-state index >= 15 is 0 Å². The lowest BCUT2D eigenvalue weighted by molar-refractivity contribution is 0.443. The van der Waals surface area contributed by atoms with Crippen molar-refractivity contribution in [3.05, 3.63) is 28.7 Å². The summed E-state index contributed by atoms with van der Waals surface area (Å²) in [5, 5.41) is 3.95. The topological polar surface area (TPSA) is 60.9 Å². The van der Waals surface area contributed by atoms with Gasteiger partial charge in [0.15, 0.2) is 0 Å². The molecule has 0 saturated heterocycles. The van der Waals surface area contributed by atoms with Crippen LogP contribution in [0.1, 0.15) is 19.4 Å². The predicted octanol–water partition coefficient (Wildman–Crippen LogP) is 0.153. The number of nitrogens with two attached hydrogens (primary N) is 1. The first-order chi connectivity index (χ1) is 5.75.